The summed E-state index contributed by atoms with van der Waals surface area (Å²) < 4.78 is 0. The van der Waals surface area contributed by atoms with Gasteiger partial charge in [-0.15, -0.1) is 0 Å². The van der Waals surface area contributed by atoms with Gasteiger partial charge in [-0.05, 0) is 72.8 Å². The lowest BCUT2D eigenvalue weighted by atomic mass is 9.53. The van der Waals surface area contributed by atoms with Crippen molar-refractivity contribution in [1.82, 2.24) is 10.7 Å². The van der Waals surface area contributed by atoms with Gasteiger partial charge in [-0.25, -0.2) is 10.2 Å². The van der Waals surface area contributed by atoms with Gasteiger partial charge in [0.2, 0.25) is 0 Å². The molecule has 4 saturated carbocycles. The highest BCUT2D eigenvalue weighted by Gasteiger charge is 2.51. The second-order valence-electron chi connectivity index (χ2n) is 9.89. The molecule has 2 N–H and O–H groups in total. The van der Waals surface area contributed by atoms with Gasteiger partial charge < -0.3 is 5.32 Å². The molecule has 4 nitrogen and oxygen atoms in total. The minimum atomic E-state index is -0.158. The number of nitrogens with zero attached hydrogens (tertiary/aromatic N) is 1. The van der Waals surface area contributed by atoms with Crippen LogP contribution in [0.25, 0.3) is 0 Å². The van der Waals surface area contributed by atoms with E-state index < -0.39 is 0 Å². The molecule has 0 aromatic heterocycles. The number of hydrogen-bond donors (Lipinski definition) is 2. The van der Waals surface area contributed by atoms with Gasteiger partial charge >= 0.3 is 6.03 Å². The summed E-state index contributed by atoms with van der Waals surface area (Å²) in [5.74, 6) is 2.48. The van der Waals surface area contributed by atoms with Crippen LogP contribution in [0.3, 0.4) is 0 Å². The van der Waals surface area contributed by atoms with Crippen LogP contribution in [0.4, 0.5) is 4.79 Å². The lowest BCUT2D eigenvalue weighted by molar-refractivity contribution is -0.0135. The Morgan fingerprint density at radius 1 is 1.04 bits per heavy atom. The van der Waals surface area contributed by atoms with Crippen molar-refractivity contribution in [2.45, 2.75) is 70.3 Å². The Morgan fingerprint density at radius 3 is 2.08 bits per heavy atom. The number of amides is 2. The molecule has 4 fully saturated rings. The standard InChI is InChI=1S/C22H31N3O/c1-21(2,3)19-6-4-15(5-7-19)14-23-25-20(26)24-22-11-16-8-17(12-22)10-18(9-16)13-22/h4-7,14,16-18H,8-13H2,1-3H3,(H2,24,25,26)/b23-14+. The van der Waals surface area contributed by atoms with E-state index in [0.29, 0.717) is 0 Å². The topological polar surface area (TPSA) is 53.5 Å². The van der Waals surface area contributed by atoms with Crippen molar-refractivity contribution in [3.8, 4) is 0 Å². The zero-order chi connectivity index (χ0) is 18.4. The fourth-order valence-corrected chi connectivity index (χ4v) is 5.77. The number of benzene rings is 1. The second-order valence-corrected chi connectivity index (χ2v) is 9.89. The minimum Gasteiger partial charge on any atom is -0.331 e. The molecule has 0 saturated heterocycles. The molecule has 4 heteroatoms. The van der Waals surface area contributed by atoms with Gasteiger partial charge in [-0.3, -0.25) is 0 Å². The smallest absolute Gasteiger partial charge is 0.331 e. The molecular weight excluding hydrogens is 322 g/mol. The van der Waals surface area contributed by atoms with E-state index in [2.05, 4.69) is 48.7 Å². The van der Waals surface area contributed by atoms with Crippen LogP contribution >= 0.6 is 0 Å². The highest BCUT2D eigenvalue weighted by molar-refractivity contribution is 5.82. The van der Waals surface area contributed by atoms with Crippen LogP contribution in [0.2, 0.25) is 0 Å². The maximum absolute atomic E-state index is 12.4. The summed E-state index contributed by atoms with van der Waals surface area (Å²) in [5.41, 5.74) is 5.13. The molecule has 4 bridgehead atoms. The lowest BCUT2D eigenvalue weighted by Crippen LogP contribution is -2.61. The molecular formula is C22H31N3O. The number of hydrazone groups is 1. The Morgan fingerprint density at radius 2 is 1.58 bits per heavy atom. The maximum Gasteiger partial charge on any atom is 0.335 e. The van der Waals surface area contributed by atoms with E-state index >= 15 is 0 Å². The largest absolute Gasteiger partial charge is 0.335 e. The highest BCUT2D eigenvalue weighted by atomic mass is 16.2. The first-order valence-electron chi connectivity index (χ1n) is 10.0. The molecule has 0 atom stereocenters. The number of carbonyl (C=O) groups excluding carboxylic acids is 1. The number of nitrogens with one attached hydrogen (secondary N) is 2. The van der Waals surface area contributed by atoms with E-state index in [0.717, 1.165) is 42.6 Å². The predicted octanol–water partition coefficient (Wildman–Crippen LogP) is 4.59. The van der Waals surface area contributed by atoms with E-state index in [4.69, 9.17) is 0 Å². The van der Waals surface area contributed by atoms with Gasteiger partial charge in [0.15, 0.2) is 0 Å². The molecule has 0 aliphatic heterocycles. The molecule has 0 spiro atoms. The predicted molar refractivity (Wildman–Crippen MR) is 105 cm³/mol. The molecule has 2 amide bonds. The second kappa shape index (κ2) is 6.40. The van der Waals surface area contributed by atoms with Crippen LogP contribution in [0.1, 0.15) is 70.4 Å². The lowest BCUT2D eigenvalue weighted by Gasteiger charge is -2.56. The number of carbonyl (C=O) groups is 1. The fraction of sp³-hybridized carbons (Fsp3) is 0.636. The monoisotopic (exact) mass is 353 g/mol. The van der Waals surface area contributed by atoms with E-state index in [1.54, 1.807) is 6.21 Å². The van der Waals surface area contributed by atoms with Gasteiger partial charge in [0, 0.05) is 5.54 Å². The third kappa shape index (κ3) is 3.65. The first-order chi connectivity index (χ1) is 12.3. The summed E-state index contributed by atoms with van der Waals surface area (Å²) in [6.45, 7) is 6.60. The fourth-order valence-electron chi connectivity index (χ4n) is 5.77. The molecule has 5 rings (SSSR count). The Bertz CT molecular complexity index is 664. The van der Waals surface area contributed by atoms with Crippen LogP contribution in [0.5, 0.6) is 0 Å². The zero-order valence-electron chi connectivity index (χ0n) is 16.2. The SMILES string of the molecule is CC(C)(C)c1ccc(/C=N/NC(=O)NC23CC4CC(CC(C4)C2)C3)cc1. The summed E-state index contributed by atoms with van der Waals surface area (Å²) in [6.07, 6.45) is 9.33. The molecule has 140 valence electrons. The van der Waals surface area contributed by atoms with Crippen LogP contribution in [0, 0.1) is 17.8 Å². The summed E-state index contributed by atoms with van der Waals surface area (Å²) in [6, 6.07) is 8.17. The van der Waals surface area contributed by atoms with E-state index in [1.807, 2.05) is 12.1 Å². The van der Waals surface area contributed by atoms with Crippen LogP contribution in [-0.4, -0.2) is 17.8 Å². The molecule has 0 radical (unpaired) electrons. The van der Waals surface area contributed by atoms with E-state index in [1.165, 1.54) is 24.8 Å². The van der Waals surface area contributed by atoms with Crippen LogP contribution in [0.15, 0.2) is 29.4 Å². The number of rotatable bonds is 3. The summed E-state index contributed by atoms with van der Waals surface area (Å²) in [7, 11) is 0. The quantitative estimate of drug-likeness (QED) is 0.606. The number of urea groups is 1. The normalized spacial score (nSPS) is 32.8. The van der Waals surface area contributed by atoms with Crippen molar-refractivity contribution in [3.63, 3.8) is 0 Å². The molecule has 1 aromatic carbocycles. The third-order valence-corrected chi connectivity index (χ3v) is 6.57. The van der Waals surface area contributed by atoms with Crippen LogP contribution < -0.4 is 10.7 Å². The van der Waals surface area contributed by atoms with Gasteiger partial charge in [0.1, 0.15) is 0 Å². The molecule has 0 unspecified atom stereocenters. The Kier molecular flexibility index (Phi) is 4.32. The molecule has 1 aromatic rings. The van der Waals surface area contributed by atoms with Gasteiger partial charge in [-0.2, -0.15) is 5.10 Å². The van der Waals surface area contributed by atoms with Crippen molar-refractivity contribution in [2.24, 2.45) is 22.9 Å². The van der Waals surface area contributed by atoms with Crippen molar-refractivity contribution < 1.29 is 4.79 Å². The number of hydrogen-bond acceptors (Lipinski definition) is 2. The Balaban J connectivity index is 1.32. The third-order valence-electron chi connectivity index (χ3n) is 6.57. The average molecular weight is 354 g/mol. The average Bonchev–Trinajstić information content (AvgIpc) is 2.52. The van der Waals surface area contributed by atoms with E-state index in [-0.39, 0.29) is 17.0 Å². The van der Waals surface area contributed by atoms with Gasteiger partial charge in [0.05, 0.1) is 6.21 Å². The maximum atomic E-state index is 12.4. The van der Waals surface area contributed by atoms with Crippen LogP contribution in [-0.2, 0) is 5.41 Å². The highest BCUT2D eigenvalue weighted by Crippen LogP contribution is 2.55. The van der Waals surface area contributed by atoms with Gasteiger partial charge in [-0.1, -0.05) is 45.0 Å². The van der Waals surface area contributed by atoms with Crippen molar-refractivity contribution >= 4 is 12.2 Å². The zero-order valence-corrected chi connectivity index (χ0v) is 16.2. The molecule has 4 aliphatic carbocycles. The minimum absolute atomic E-state index is 0.0305. The Hall–Kier alpha value is -1.84. The van der Waals surface area contributed by atoms with Crippen molar-refractivity contribution in [1.29, 1.82) is 0 Å². The molecule has 0 heterocycles. The summed E-state index contributed by atoms with van der Waals surface area (Å²) in [4.78, 5) is 12.4. The van der Waals surface area contributed by atoms with Crippen molar-refractivity contribution in [2.75, 3.05) is 0 Å². The first-order valence-corrected chi connectivity index (χ1v) is 10.0. The van der Waals surface area contributed by atoms with E-state index in [9.17, 15) is 4.79 Å². The molecule has 26 heavy (non-hydrogen) atoms. The summed E-state index contributed by atoms with van der Waals surface area (Å²) in [5, 5.41) is 7.42. The Labute approximate surface area is 156 Å². The first kappa shape index (κ1) is 17.6. The van der Waals surface area contributed by atoms with Crippen molar-refractivity contribution in [3.05, 3.63) is 35.4 Å². The molecule has 4 aliphatic rings. The summed E-state index contributed by atoms with van der Waals surface area (Å²) >= 11 is 0. The van der Waals surface area contributed by atoms with Gasteiger partial charge in [0.25, 0.3) is 0 Å².